The molecule has 0 unspecified atom stereocenters. The van der Waals surface area contributed by atoms with E-state index in [-0.39, 0.29) is 18.0 Å². The highest BCUT2D eigenvalue weighted by atomic mass is 16.3. The number of carbonyl (C=O) groups is 1. The molecular formula is C15H30N2O2. The molecule has 4 nitrogen and oxygen atoms in total. The summed E-state index contributed by atoms with van der Waals surface area (Å²) in [5.41, 5.74) is -0.574. The normalized spacial score (nSPS) is 18.6. The van der Waals surface area contributed by atoms with Gasteiger partial charge in [-0.15, -0.1) is 0 Å². The Hall–Kier alpha value is -0.610. The van der Waals surface area contributed by atoms with Crippen molar-refractivity contribution < 1.29 is 9.90 Å². The van der Waals surface area contributed by atoms with Crippen LogP contribution < -0.4 is 0 Å². The van der Waals surface area contributed by atoms with Gasteiger partial charge in [-0.2, -0.15) is 0 Å². The third-order valence-electron chi connectivity index (χ3n) is 3.90. The van der Waals surface area contributed by atoms with Crippen LogP contribution in [0.1, 0.15) is 53.4 Å². The first kappa shape index (κ1) is 16.4. The summed E-state index contributed by atoms with van der Waals surface area (Å²) in [5.74, 6) is 0.147. The van der Waals surface area contributed by atoms with Crippen LogP contribution in [0.15, 0.2) is 0 Å². The lowest BCUT2D eigenvalue weighted by molar-refractivity contribution is -0.136. The third kappa shape index (κ3) is 4.77. The maximum absolute atomic E-state index is 12.3. The second-order valence-electron chi connectivity index (χ2n) is 6.59. The number of nitrogens with zero attached hydrogens (tertiary/aromatic N) is 2. The van der Waals surface area contributed by atoms with Crippen molar-refractivity contribution in [1.82, 2.24) is 9.80 Å². The molecule has 1 rings (SSSR count). The van der Waals surface area contributed by atoms with Gasteiger partial charge in [0.15, 0.2) is 0 Å². The smallest absolute Gasteiger partial charge is 0.237 e. The fourth-order valence-electron chi connectivity index (χ4n) is 3.23. The topological polar surface area (TPSA) is 43.8 Å². The summed E-state index contributed by atoms with van der Waals surface area (Å²) in [5, 5.41) is 10.4. The van der Waals surface area contributed by atoms with E-state index in [1.807, 2.05) is 44.5 Å². The van der Waals surface area contributed by atoms with E-state index in [0.29, 0.717) is 13.1 Å². The molecule has 4 heteroatoms. The Morgan fingerprint density at radius 3 is 2.05 bits per heavy atom. The Bertz CT molecular complexity index is 289. The number of carbonyl (C=O) groups excluding carboxylic acids is 1. The largest absolute Gasteiger partial charge is 0.389 e. The average Bonchev–Trinajstić information content (AvgIpc) is 2.62. The molecular weight excluding hydrogens is 240 g/mol. The van der Waals surface area contributed by atoms with Crippen LogP contribution in [-0.4, -0.2) is 58.6 Å². The summed E-state index contributed by atoms with van der Waals surface area (Å²) in [6.07, 6.45) is 3.93. The minimum Gasteiger partial charge on any atom is -0.389 e. The van der Waals surface area contributed by atoms with Crippen molar-refractivity contribution in [2.45, 2.75) is 71.1 Å². The lowest BCUT2D eigenvalue weighted by Crippen LogP contribution is -2.49. The summed E-state index contributed by atoms with van der Waals surface area (Å²) in [6, 6.07) is 0.436. The van der Waals surface area contributed by atoms with Gasteiger partial charge in [-0.05, 0) is 47.6 Å². The van der Waals surface area contributed by atoms with Gasteiger partial charge >= 0.3 is 0 Å². The fourth-order valence-corrected chi connectivity index (χ4v) is 3.23. The summed E-state index contributed by atoms with van der Waals surface area (Å²) in [6.45, 7) is 9.16. The molecule has 0 saturated heterocycles. The molecule has 112 valence electrons. The van der Waals surface area contributed by atoms with E-state index in [0.717, 1.165) is 25.7 Å². The molecule has 0 bridgehead atoms. The van der Waals surface area contributed by atoms with E-state index < -0.39 is 5.60 Å². The molecule has 0 aromatic heterocycles. The summed E-state index contributed by atoms with van der Waals surface area (Å²) < 4.78 is 0. The van der Waals surface area contributed by atoms with Crippen LogP contribution in [0.4, 0.5) is 0 Å². The Labute approximate surface area is 117 Å². The first-order chi connectivity index (χ1) is 8.75. The van der Waals surface area contributed by atoms with Crippen LogP contribution in [0.5, 0.6) is 0 Å². The van der Waals surface area contributed by atoms with Gasteiger partial charge in [0, 0.05) is 18.6 Å². The highest BCUT2D eigenvalue weighted by Gasteiger charge is 2.33. The van der Waals surface area contributed by atoms with Crippen LogP contribution in [0, 0.1) is 0 Å². The summed E-state index contributed by atoms with van der Waals surface area (Å²) in [4.78, 5) is 16.2. The van der Waals surface area contributed by atoms with Crippen molar-refractivity contribution in [3.63, 3.8) is 0 Å². The number of rotatable bonds is 6. The first-order valence-electron chi connectivity index (χ1n) is 7.47. The predicted octanol–water partition coefficient (Wildman–Crippen LogP) is 1.87. The number of hydrogen-bond donors (Lipinski definition) is 1. The second kappa shape index (κ2) is 6.71. The quantitative estimate of drug-likeness (QED) is 0.801. The lowest BCUT2D eigenvalue weighted by atomic mass is 10.0. The van der Waals surface area contributed by atoms with Gasteiger partial charge in [-0.25, -0.2) is 0 Å². The molecule has 0 aromatic carbocycles. The minimum absolute atomic E-state index is 0.147. The third-order valence-corrected chi connectivity index (χ3v) is 3.90. The van der Waals surface area contributed by atoms with E-state index in [2.05, 4.69) is 0 Å². The number of amides is 1. The second-order valence-corrected chi connectivity index (χ2v) is 6.59. The van der Waals surface area contributed by atoms with E-state index in [1.165, 1.54) is 0 Å². The van der Waals surface area contributed by atoms with Gasteiger partial charge in [0.1, 0.15) is 0 Å². The van der Waals surface area contributed by atoms with Crippen molar-refractivity contribution in [1.29, 1.82) is 0 Å². The van der Waals surface area contributed by atoms with E-state index in [9.17, 15) is 9.90 Å². The lowest BCUT2D eigenvalue weighted by Gasteiger charge is -2.34. The zero-order valence-electron chi connectivity index (χ0n) is 13.1. The molecule has 1 aliphatic carbocycles. The van der Waals surface area contributed by atoms with Gasteiger partial charge in [-0.1, -0.05) is 12.8 Å². The highest BCUT2D eigenvalue weighted by Crippen LogP contribution is 2.29. The molecule has 1 amide bonds. The van der Waals surface area contributed by atoms with Crippen molar-refractivity contribution >= 4 is 5.91 Å². The Kier molecular flexibility index (Phi) is 5.81. The molecule has 0 spiro atoms. The fraction of sp³-hybridized carbons (Fsp3) is 0.933. The maximum atomic E-state index is 12.3. The van der Waals surface area contributed by atoms with Gasteiger partial charge in [-0.3, -0.25) is 9.69 Å². The molecule has 19 heavy (non-hydrogen) atoms. The SMILES string of the molecule is CC(C)N(C(=O)CN(C)CC1(O)CCCC1)C(C)C. The molecule has 0 heterocycles. The van der Waals surface area contributed by atoms with Gasteiger partial charge in [0.2, 0.25) is 5.91 Å². The van der Waals surface area contributed by atoms with Crippen LogP contribution in [0.2, 0.25) is 0 Å². The monoisotopic (exact) mass is 270 g/mol. The zero-order chi connectivity index (χ0) is 14.6. The Morgan fingerprint density at radius 1 is 1.16 bits per heavy atom. The Morgan fingerprint density at radius 2 is 1.63 bits per heavy atom. The minimum atomic E-state index is -0.574. The zero-order valence-corrected chi connectivity index (χ0v) is 13.1. The molecule has 0 aromatic rings. The van der Waals surface area contributed by atoms with Crippen LogP contribution in [0.3, 0.4) is 0 Å². The Balaban J connectivity index is 2.51. The van der Waals surface area contributed by atoms with Gasteiger partial charge < -0.3 is 10.0 Å². The van der Waals surface area contributed by atoms with Gasteiger partial charge in [0.05, 0.1) is 12.1 Å². The predicted molar refractivity (Wildman–Crippen MR) is 78.0 cm³/mol. The van der Waals surface area contributed by atoms with Crippen LogP contribution in [-0.2, 0) is 4.79 Å². The van der Waals surface area contributed by atoms with Crippen molar-refractivity contribution in [2.24, 2.45) is 0 Å². The van der Waals surface area contributed by atoms with E-state index in [4.69, 9.17) is 0 Å². The maximum Gasteiger partial charge on any atom is 0.237 e. The van der Waals surface area contributed by atoms with E-state index >= 15 is 0 Å². The average molecular weight is 270 g/mol. The highest BCUT2D eigenvalue weighted by molar-refractivity contribution is 5.78. The molecule has 1 fully saturated rings. The van der Waals surface area contributed by atoms with Gasteiger partial charge in [0.25, 0.3) is 0 Å². The molecule has 1 N–H and O–H groups in total. The number of likely N-dealkylation sites (N-methyl/N-ethyl adjacent to an activating group) is 1. The summed E-state index contributed by atoms with van der Waals surface area (Å²) >= 11 is 0. The van der Waals surface area contributed by atoms with Crippen molar-refractivity contribution in [3.8, 4) is 0 Å². The van der Waals surface area contributed by atoms with Crippen molar-refractivity contribution in [2.75, 3.05) is 20.1 Å². The number of aliphatic hydroxyl groups is 1. The van der Waals surface area contributed by atoms with Crippen molar-refractivity contribution in [3.05, 3.63) is 0 Å². The molecule has 1 saturated carbocycles. The van der Waals surface area contributed by atoms with Crippen LogP contribution in [0.25, 0.3) is 0 Å². The molecule has 0 radical (unpaired) electrons. The first-order valence-corrected chi connectivity index (χ1v) is 7.47. The molecule has 0 aliphatic heterocycles. The van der Waals surface area contributed by atoms with E-state index in [1.54, 1.807) is 0 Å². The molecule has 0 atom stereocenters. The molecule has 1 aliphatic rings. The summed E-state index contributed by atoms with van der Waals surface area (Å²) in [7, 11) is 1.92. The number of hydrogen-bond acceptors (Lipinski definition) is 3. The van der Waals surface area contributed by atoms with Crippen LogP contribution >= 0.6 is 0 Å². The standard InChI is InChI=1S/C15H30N2O2/c1-12(2)17(13(3)4)14(18)10-16(5)11-15(19)8-6-7-9-15/h12-13,19H,6-11H2,1-5H3.